The molecule has 0 bridgehead atoms. The monoisotopic (exact) mass is 284 g/mol. The molecule has 0 atom stereocenters. The lowest BCUT2D eigenvalue weighted by atomic mass is 10.1. The van der Waals surface area contributed by atoms with Gasteiger partial charge in [0.15, 0.2) is 0 Å². The van der Waals surface area contributed by atoms with Crippen LogP contribution in [0.2, 0.25) is 0 Å². The highest BCUT2D eigenvalue weighted by molar-refractivity contribution is 5.87. The average molecular weight is 284 g/mol. The Balaban J connectivity index is 1.86. The van der Waals surface area contributed by atoms with Crippen molar-refractivity contribution in [2.45, 2.75) is 32.1 Å². The van der Waals surface area contributed by atoms with Crippen molar-refractivity contribution in [2.75, 3.05) is 0 Å². The lowest BCUT2D eigenvalue weighted by Crippen LogP contribution is -2.01. The fraction of sp³-hybridized carbons (Fsp3) is 0.312. The summed E-state index contributed by atoms with van der Waals surface area (Å²) in [4.78, 5) is 19.4. The number of benzene rings is 1. The average Bonchev–Trinajstić information content (AvgIpc) is 2.74. The van der Waals surface area contributed by atoms with Gasteiger partial charge in [-0.25, -0.2) is 14.8 Å². The smallest absolute Gasteiger partial charge is 0.335 e. The van der Waals surface area contributed by atoms with Crippen LogP contribution in [0.25, 0.3) is 0 Å². The van der Waals surface area contributed by atoms with Crippen LogP contribution < -0.4 is 4.74 Å². The molecule has 1 heterocycles. The molecule has 1 N–H and O–H groups in total. The van der Waals surface area contributed by atoms with Crippen molar-refractivity contribution in [2.24, 2.45) is 0 Å². The summed E-state index contributed by atoms with van der Waals surface area (Å²) < 4.78 is 5.82. The van der Waals surface area contributed by atoms with Gasteiger partial charge in [0.25, 0.3) is 0 Å². The Morgan fingerprint density at radius 2 is 1.81 bits per heavy atom. The minimum Gasteiger partial charge on any atom is -0.478 e. The summed E-state index contributed by atoms with van der Waals surface area (Å²) in [5, 5.41) is 8.89. The zero-order valence-electron chi connectivity index (χ0n) is 11.6. The van der Waals surface area contributed by atoms with Crippen LogP contribution in [0.3, 0.4) is 0 Å². The van der Waals surface area contributed by atoms with E-state index >= 15 is 0 Å². The second-order valence-corrected chi connectivity index (χ2v) is 5.10. The first-order valence-electron chi connectivity index (χ1n) is 7.08. The molecule has 21 heavy (non-hydrogen) atoms. The third-order valence-electron chi connectivity index (χ3n) is 3.65. The SMILES string of the molecule is O=C(O)c1ccc(Oc2ncnc3c2CCCCC3)cc1. The molecule has 0 saturated carbocycles. The van der Waals surface area contributed by atoms with Crippen LogP contribution in [0.1, 0.15) is 40.9 Å². The van der Waals surface area contributed by atoms with Gasteiger partial charge in [-0.3, -0.25) is 0 Å². The molecule has 1 aromatic heterocycles. The Morgan fingerprint density at radius 3 is 2.57 bits per heavy atom. The van der Waals surface area contributed by atoms with Crippen molar-refractivity contribution in [1.29, 1.82) is 0 Å². The first kappa shape index (κ1) is 13.5. The number of carbonyl (C=O) groups is 1. The molecule has 1 aromatic carbocycles. The molecule has 1 aliphatic rings. The van der Waals surface area contributed by atoms with Crippen LogP contribution in [-0.2, 0) is 12.8 Å². The van der Waals surface area contributed by atoms with Crippen LogP contribution in [0.5, 0.6) is 11.6 Å². The molecule has 0 radical (unpaired) electrons. The minimum absolute atomic E-state index is 0.240. The van der Waals surface area contributed by atoms with Crippen LogP contribution in [-0.4, -0.2) is 21.0 Å². The third-order valence-corrected chi connectivity index (χ3v) is 3.65. The maximum Gasteiger partial charge on any atom is 0.335 e. The van der Waals surface area contributed by atoms with E-state index in [1.165, 1.54) is 24.9 Å². The van der Waals surface area contributed by atoms with Crippen LogP contribution >= 0.6 is 0 Å². The summed E-state index contributed by atoms with van der Waals surface area (Å²) >= 11 is 0. The van der Waals surface area contributed by atoms with Gasteiger partial charge in [-0.05, 0) is 49.9 Å². The van der Waals surface area contributed by atoms with Crippen molar-refractivity contribution in [3.63, 3.8) is 0 Å². The fourth-order valence-electron chi connectivity index (χ4n) is 2.53. The van der Waals surface area contributed by atoms with Crippen molar-refractivity contribution >= 4 is 5.97 Å². The van der Waals surface area contributed by atoms with E-state index in [-0.39, 0.29) is 5.56 Å². The third kappa shape index (κ3) is 3.02. The van der Waals surface area contributed by atoms with Crippen molar-refractivity contribution < 1.29 is 14.6 Å². The number of aryl methyl sites for hydroxylation is 1. The number of rotatable bonds is 3. The molecule has 108 valence electrons. The molecule has 0 amide bonds. The zero-order valence-corrected chi connectivity index (χ0v) is 11.6. The molecule has 0 unspecified atom stereocenters. The van der Waals surface area contributed by atoms with E-state index in [1.807, 2.05) is 0 Å². The predicted molar refractivity (Wildman–Crippen MR) is 76.8 cm³/mol. The normalized spacial score (nSPS) is 14.1. The molecule has 0 saturated heterocycles. The quantitative estimate of drug-likeness (QED) is 0.876. The highest BCUT2D eigenvalue weighted by Gasteiger charge is 2.16. The number of hydrogen-bond acceptors (Lipinski definition) is 4. The standard InChI is InChI=1S/C16H16N2O3/c19-16(20)11-6-8-12(9-7-11)21-15-13-4-2-1-3-5-14(13)17-10-18-15/h6-10H,1-5H2,(H,19,20). The van der Waals surface area contributed by atoms with Crippen molar-refractivity contribution in [3.05, 3.63) is 47.4 Å². The van der Waals surface area contributed by atoms with Gasteiger partial charge < -0.3 is 9.84 Å². The molecular weight excluding hydrogens is 268 g/mol. The maximum absolute atomic E-state index is 10.8. The Bertz CT molecular complexity index is 653. The molecule has 2 aromatic rings. The first-order valence-corrected chi connectivity index (χ1v) is 7.08. The molecule has 5 nitrogen and oxygen atoms in total. The highest BCUT2D eigenvalue weighted by atomic mass is 16.5. The second-order valence-electron chi connectivity index (χ2n) is 5.10. The summed E-state index contributed by atoms with van der Waals surface area (Å²) in [6.07, 6.45) is 6.89. The fourth-order valence-corrected chi connectivity index (χ4v) is 2.53. The lowest BCUT2D eigenvalue weighted by molar-refractivity contribution is 0.0697. The summed E-state index contributed by atoms with van der Waals surface area (Å²) in [6, 6.07) is 6.35. The lowest BCUT2D eigenvalue weighted by Gasteiger charge is -2.11. The molecule has 1 aliphatic carbocycles. The second kappa shape index (κ2) is 5.91. The van der Waals surface area contributed by atoms with E-state index in [0.29, 0.717) is 11.6 Å². The topological polar surface area (TPSA) is 72.3 Å². The van der Waals surface area contributed by atoms with E-state index < -0.39 is 5.97 Å². The number of fused-ring (bicyclic) bond motifs is 1. The van der Waals surface area contributed by atoms with Crippen LogP contribution in [0.15, 0.2) is 30.6 Å². The predicted octanol–water partition coefficient (Wildman–Crippen LogP) is 3.24. The summed E-state index contributed by atoms with van der Waals surface area (Å²) in [5.74, 6) is 0.229. The van der Waals surface area contributed by atoms with E-state index in [9.17, 15) is 4.79 Å². The van der Waals surface area contributed by atoms with Gasteiger partial charge in [-0.15, -0.1) is 0 Å². The molecule has 0 spiro atoms. The number of carboxylic acid groups (broad SMARTS) is 1. The summed E-state index contributed by atoms with van der Waals surface area (Å²) in [5.41, 5.74) is 2.39. The Labute approximate surface area is 122 Å². The number of hydrogen-bond donors (Lipinski definition) is 1. The van der Waals surface area contributed by atoms with Gasteiger partial charge in [0.05, 0.1) is 11.3 Å². The number of aromatic carboxylic acids is 1. The highest BCUT2D eigenvalue weighted by Crippen LogP contribution is 2.29. The van der Waals surface area contributed by atoms with E-state index in [0.717, 1.165) is 36.9 Å². The number of aromatic nitrogens is 2. The van der Waals surface area contributed by atoms with Gasteiger partial charge in [-0.1, -0.05) is 6.42 Å². The van der Waals surface area contributed by atoms with Gasteiger partial charge in [0.2, 0.25) is 5.88 Å². The maximum atomic E-state index is 10.8. The number of nitrogens with zero attached hydrogens (tertiary/aromatic N) is 2. The van der Waals surface area contributed by atoms with E-state index in [4.69, 9.17) is 9.84 Å². The molecule has 0 fully saturated rings. The number of ether oxygens (including phenoxy) is 1. The Kier molecular flexibility index (Phi) is 3.81. The molecule has 0 aliphatic heterocycles. The van der Waals surface area contributed by atoms with Gasteiger partial charge in [-0.2, -0.15) is 0 Å². The van der Waals surface area contributed by atoms with Gasteiger partial charge in [0, 0.05) is 5.56 Å². The Hall–Kier alpha value is -2.43. The van der Waals surface area contributed by atoms with E-state index in [1.54, 1.807) is 12.1 Å². The van der Waals surface area contributed by atoms with Crippen molar-refractivity contribution in [3.8, 4) is 11.6 Å². The van der Waals surface area contributed by atoms with Crippen molar-refractivity contribution in [1.82, 2.24) is 9.97 Å². The molecule has 3 rings (SSSR count). The molecule has 5 heteroatoms. The minimum atomic E-state index is -0.947. The number of carboxylic acids is 1. The van der Waals surface area contributed by atoms with Gasteiger partial charge >= 0.3 is 5.97 Å². The first-order chi connectivity index (χ1) is 10.2. The zero-order chi connectivity index (χ0) is 14.7. The van der Waals surface area contributed by atoms with Crippen LogP contribution in [0.4, 0.5) is 0 Å². The summed E-state index contributed by atoms with van der Waals surface area (Å²) in [7, 11) is 0. The van der Waals surface area contributed by atoms with E-state index in [2.05, 4.69) is 9.97 Å². The largest absolute Gasteiger partial charge is 0.478 e. The van der Waals surface area contributed by atoms with Gasteiger partial charge in [0.1, 0.15) is 12.1 Å². The molecular formula is C16H16N2O3. The summed E-state index contributed by atoms with van der Waals surface area (Å²) in [6.45, 7) is 0. The Morgan fingerprint density at radius 1 is 1.05 bits per heavy atom. The van der Waals surface area contributed by atoms with Crippen LogP contribution in [0, 0.1) is 0 Å².